The van der Waals surface area contributed by atoms with E-state index in [0.29, 0.717) is 17.0 Å². The Kier molecular flexibility index (Phi) is 4.28. The van der Waals surface area contributed by atoms with E-state index in [1.165, 1.54) is 12.8 Å². The Morgan fingerprint density at radius 1 is 0.963 bits per heavy atom. The Hall–Kier alpha value is -2.47. The summed E-state index contributed by atoms with van der Waals surface area (Å²) in [5.41, 5.74) is 1.71. The molecule has 3 heterocycles. The number of hydrogen-bond donors (Lipinski definition) is 1. The van der Waals surface area contributed by atoms with E-state index in [1.54, 1.807) is 0 Å². The van der Waals surface area contributed by atoms with Gasteiger partial charge in [0.25, 0.3) is 0 Å². The molecule has 2 aliphatic rings. The van der Waals surface area contributed by atoms with Crippen molar-refractivity contribution in [3.8, 4) is 0 Å². The average molecular weight is 381 g/mol. The van der Waals surface area contributed by atoms with E-state index in [0.717, 1.165) is 54.4 Å². The summed E-state index contributed by atoms with van der Waals surface area (Å²) in [6.07, 6.45) is 8.25. The van der Waals surface area contributed by atoms with Gasteiger partial charge in [-0.3, -0.25) is 4.98 Å². The minimum absolute atomic E-state index is 0.426. The number of fused-ring (bicyclic) bond motifs is 1. The Bertz CT molecular complexity index is 966. The standard InChI is InChI=1S/C20H21ClN6/c21-14-3-4-16-17(11-14)23-12-19(25-16)27-9-6-15(7-10-27)24-18-5-8-22-20(26-18)13-1-2-13/h3-5,8,11-13,15H,1-2,6-7,9-10H2,(H,22,24,26). The molecular weight excluding hydrogens is 360 g/mol. The van der Waals surface area contributed by atoms with Crippen molar-refractivity contribution in [2.75, 3.05) is 23.3 Å². The average Bonchev–Trinajstić information content (AvgIpc) is 3.54. The van der Waals surface area contributed by atoms with Crippen molar-refractivity contribution < 1.29 is 0 Å². The van der Waals surface area contributed by atoms with Gasteiger partial charge in [-0.25, -0.2) is 15.0 Å². The third kappa shape index (κ3) is 3.67. The highest BCUT2D eigenvalue weighted by atomic mass is 35.5. The van der Waals surface area contributed by atoms with Gasteiger partial charge in [0.2, 0.25) is 0 Å². The number of nitrogens with one attached hydrogen (secondary N) is 1. The molecule has 27 heavy (non-hydrogen) atoms. The number of aromatic nitrogens is 4. The lowest BCUT2D eigenvalue weighted by atomic mass is 10.1. The normalized spacial score (nSPS) is 18.0. The van der Waals surface area contributed by atoms with Crippen molar-refractivity contribution in [2.24, 2.45) is 0 Å². The lowest BCUT2D eigenvalue weighted by Crippen LogP contribution is -2.39. The molecule has 2 aromatic heterocycles. The van der Waals surface area contributed by atoms with Gasteiger partial charge in [-0.05, 0) is 49.9 Å². The number of piperidine rings is 1. The molecule has 1 N–H and O–H groups in total. The summed E-state index contributed by atoms with van der Waals surface area (Å²) in [5, 5.41) is 4.27. The Balaban J connectivity index is 1.23. The maximum absolute atomic E-state index is 6.03. The molecule has 7 heteroatoms. The highest BCUT2D eigenvalue weighted by Gasteiger charge is 2.27. The molecule has 6 nitrogen and oxygen atoms in total. The summed E-state index contributed by atoms with van der Waals surface area (Å²) in [6.45, 7) is 1.90. The van der Waals surface area contributed by atoms with Gasteiger partial charge in [0.1, 0.15) is 17.5 Å². The molecule has 0 amide bonds. The predicted octanol–water partition coefficient (Wildman–Crippen LogP) is 4.03. The molecule has 138 valence electrons. The minimum atomic E-state index is 0.426. The summed E-state index contributed by atoms with van der Waals surface area (Å²) in [6, 6.07) is 8.03. The van der Waals surface area contributed by atoms with E-state index in [2.05, 4.69) is 25.2 Å². The summed E-state index contributed by atoms with van der Waals surface area (Å²) in [7, 11) is 0. The summed E-state index contributed by atoms with van der Waals surface area (Å²) >= 11 is 6.03. The van der Waals surface area contributed by atoms with Crippen LogP contribution in [0.15, 0.2) is 36.7 Å². The lowest BCUT2D eigenvalue weighted by molar-refractivity contribution is 0.522. The zero-order valence-electron chi connectivity index (χ0n) is 15.0. The quantitative estimate of drug-likeness (QED) is 0.737. The summed E-state index contributed by atoms with van der Waals surface area (Å²) < 4.78 is 0. The van der Waals surface area contributed by atoms with Gasteiger partial charge >= 0.3 is 0 Å². The molecule has 2 fully saturated rings. The maximum Gasteiger partial charge on any atom is 0.147 e. The Morgan fingerprint density at radius 2 is 1.81 bits per heavy atom. The fraction of sp³-hybridized carbons (Fsp3) is 0.400. The second kappa shape index (κ2) is 6.93. The van der Waals surface area contributed by atoms with Crippen molar-refractivity contribution >= 4 is 34.3 Å². The van der Waals surface area contributed by atoms with Crippen LogP contribution in [0.1, 0.15) is 37.4 Å². The first kappa shape index (κ1) is 16.7. The number of hydrogen-bond acceptors (Lipinski definition) is 6. The van der Waals surface area contributed by atoms with E-state index in [-0.39, 0.29) is 0 Å². The van der Waals surface area contributed by atoms with Crippen LogP contribution in [0.25, 0.3) is 11.0 Å². The molecule has 0 radical (unpaired) electrons. The molecular formula is C20H21ClN6. The van der Waals surface area contributed by atoms with Crippen molar-refractivity contribution in [2.45, 2.75) is 37.6 Å². The first-order valence-electron chi connectivity index (χ1n) is 9.51. The molecule has 0 bridgehead atoms. The molecule has 1 saturated heterocycles. The van der Waals surface area contributed by atoms with Crippen molar-refractivity contribution in [1.29, 1.82) is 0 Å². The fourth-order valence-corrected chi connectivity index (χ4v) is 3.75. The smallest absolute Gasteiger partial charge is 0.147 e. The third-order valence-electron chi connectivity index (χ3n) is 5.28. The van der Waals surface area contributed by atoms with Gasteiger partial charge < -0.3 is 10.2 Å². The monoisotopic (exact) mass is 380 g/mol. The van der Waals surface area contributed by atoms with Crippen molar-refractivity contribution in [1.82, 2.24) is 19.9 Å². The number of nitrogens with zero attached hydrogens (tertiary/aromatic N) is 5. The van der Waals surface area contributed by atoms with E-state index in [1.807, 2.05) is 36.7 Å². The van der Waals surface area contributed by atoms with E-state index in [4.69, 9.17) is 16.6 Å². The highest BCUT2D eigenvalue weighted by molar-refractivity contribution is 6.31. The van der Waals surface area contributed by atoms with Crippen LogP contribution in [0.5, 0.6) is 0 Å². The lowest BCUT2D eigenvalue weighted by Gasteiger charge is -2.33. The predicted molar refractivity (Wildman–Crippen MR) is 107 cm³/mol. The van der Waals surface area contributed by atoms with Crippen LogP contribution in [-0.2, 0) is 0 Å². The topological polar surface area (TPSA) is 66.8 Å². The van der Waals surface area contributed by atoms with Crippen molar-refractivity contribution in [3.05, 3.63) is 47.5 Å². The van der Waals surface area contributed by atoms with Crippen LogP contribution in [-0.4, -0.2) is 39.1 Å². The van der Waals surface area contributed by atoms with E-state index < -0.39 is 0 Å². The number of anilines is 2. The highest BCUT2D eigenvalue weighted by Crippen LogP contribution is 2.38. The number of benzene rings is 1. The zero-order chi connectivity index (χ0) is 18.2. The van der Waals surface area contributed by atoms with Gasteiger partial charge in [-0.15, -0.1) is 0 Å². The fourth-order valence-electron chi connectivity index (χ4n) is 3.58. The van der Waals surface area contributed by atoms with Crippen LogP contribution in [0.4, 0.5) is 11.6 Å². The molecule has 0 unspecified atom stereocenters. The molecule has 5 rings (SSSR count). The van der Waals surface area contributed by atoms with Crippen LogP contribution >= 0.6 is 11.6 Å². The molecule has 1 aliphatic heterocycles. The van der Waals surface area contributed by atoms with E-state index in [9.17, 15) is 0 Å². The van der Waals surface area contributed by atoms with Gasteiger partial charge in [0.15, 0.2) is 0 Å². The first-order valence-corrected chi connectivity index (χ1v) is 9.89. The third-order valence-corrected chi connectivity index (χ3v) is 5.51. The van der Waals surface area contributed by atoms with Crippen LogP contribution in [0.3, 0.4) is 0 Å². The summed E-state index contributed by atoms with van der Waals surface area (Å²) in [4.78, 5) is 20.6. The van der Waals surface area contributed by atoms with Gasteiger partial charge in [0, 0.05) is 36.3 Å². The minimum Gasteiger partial charge on any atom is -0.367 e. The molecule has 1 aliphatic carbocycles. The second-order valence-corrected chi connectivity index (χ2v) is 7.78. The Labute approximate surface area is 163 Å². The summed E-state index contributed by atoms with van der Waals surface area (Å²) in [5.74, 6) is 3.45. The van der Waals surface area contributed by atoms with Gasteiger partial charge in [-0.2, -0.15) is 0 Å². The first-order chi connectivity index (χ1) is 13.2. The largest absolute Gasteiger partial charge is 0.367 e. The molecule has 3 aromatic rings. The molecule has 0 spiro atoms. The zero-order valence-corrected chi connectivity index (χ0v) is 15.7. The molecule has 0 atom stereocenters. The maximum atomic E-state index is 6.03. The van der Waals surface area contributed by atoms with Crippen LogP contribution in [0, 0.1) is 0 Å². The van der Waals surface area contributed by atoms with E-state index >= 15 is 0 Å². The van der Waals surface area contributed by atoms with Crippen LogP contribution in [0.2, 0.25) is 5.02 Å². The molecule has 1 aromatic carbocycles. The van der Waals surface area contributed by atoms with Gasteiger partial charge in [-0.1, -0.05) is 11.6 Å². The Morgan fingerprint density at radius 3 is 2.63 bits per heavy atom. The SMILES string of the molecule is Clc1ccc2nc(N3CCC(Nc4ccnc(C5CC5)n4)CC3)cnc2c1. The number of halogens is 1. The molecule has 1 saturated carbocycles. The number of rotatable bonds is 4. The van der Waals surface area contributed by atoms with Crippen LogP contribution < -0.4 is 10.2 Å². The van der Waals surface area contributed by atoms with Gasteiger partial charge in [0.05, 0.1) is 17.2 Å². The second-order valence-electron chi connectivity index (χ2n) is 7.34. The van der Waals surface area contributed by atoms with Crippen molar-refractivity contribution in [3.63, 3.8) is 0 Å².